The number of nitrogens with one attached hydrogen (secondary N) is 1. The summed E-state index contributed by atoms with van der Waals surface area (Å²) in [7, 11) is 0. The number of ether oxygens (including phenoxy) is 1. The van der Waals surface area contributed by atoms with Gasteiger partial charge in [0.2, 0.25) is 11.8 Å². The number of rotatable bonds is 5. The standard InChI is InChI=1S/C29H29FN4O4/c30-20-5-7-22(17(11-20)13-31)19-14-33(15-19)24-3-1-2-4-26(24)38-21-6-8-23-18(12-21)16-34(29(23)37)25-9-10-27(35)32-28(25)36/h5-8,11-12,19,24-26H,1-4,9-10,14-16H2,(H,32,35,36)/t24-,25+,26+/m1/s1. The van der Waals surface area contributed by atoms with Crippen LogP contribution < -0.4 is 10.1 Å². The summed E-state index contributed by atoms with van der Waals surface area (Å²) < 4.78 is 20.1. The second-order valence-electron chi connectivity index (χ2n) is 10.7. The molecule has 1 aliphatic carbocycles. The molecule has 2 saturated heterocycles. The van der Waals surface area contributed by atoms with Gasteiger partial charge in [0.15, 0.2) is 0 Å². The van der Waals surface area contributed by atoms with Crippen LogP contribution in [0.5, 0.6) is 5.75 Å². The first-order valence-electron chi connectivity index (χ1n) is 13.3. The minimum Gasteiger partial charge on any atom is -0.489 e. The quantitative estimate of drug-likeness (QED) is 0.612. The third-order valence-electron chi connectivity index (χ3n) is 8.40. The number of hydrogen-bond acceptors (Lipinski definition) is 6. The summed E-state index contributed by atoms with van der Waals surface area (Å²) >= 11 is 0. The van der Waals surface area contributed by atoms with Crippen molar-refractivity contribution in [1.82, 2.24) is 15.1 Å². The molecule has 9 heteroatoms. The average molecular weight is 517 g/mol. The van der Waals surface area contributed by atoms with E-state index in [1.54, 1.807) is 17.0 Å². The highest BCUT2D eigenvalue weighted by atomic mass is 19.1. The molecule has 0 radical (unpaired) electrons. The molecule has 3 heterocycles. The second-order valence-corrected chi connectivity index (χ2v) is 10.7. The molecule has 8 nitrogen and oxygen atoms in total. The Morgan fingerprint density at radius 2 is 1.84 bits per heavy atom. The number of nitriles is 1. The highest BCUT2D eigenvalue weighted by Crippen LogP contribution is 2.37. The summed E-state index contributed by atoms with van der Waals surface area (Å²) in [5.74, 6) is -0.388. The molecule has 3 aliphatic heterocycles. The van der Waals surface area contributed by atoms with E-state index in [2.05, 4.69) is 16.3 Å². The number of imide groups is 1. The number of fused-ring (bicyclic) bond motifs is 1. The van der Waals surface area contributed by atoms with Gasteiger partial charge in [0.05, 0.1) is 11.6 Å². The minimum atomic E-state index is -0.637. The van der Waals surface area contributed by atoms with E-state index in [1.807, 2.05) is 12.1 Å². The molecule has 1 saturated carbocycles. The molecule has 3 fully saturated rings. The highest BCUT2D eigenvalue weighted by molar-refractivity contribution is 6.05. The van der Waals surface area contributed by atoms with E-state index in [0.29, 0.717) is 29.8 Å². The number of likely N-dealkylation sites (tertiary alicyclic amines) is 1. The average Bonchev–Trinajstić information content (AvgIpc) is 3.20. The van der Waals surface area contributed by atoms with Crippen molar-refractivity contribution in [3.05, 3.63) is 64.5 Å². The first-order valence-corrected chi connectivity index (χ1v) is 13.3. The van der Waals surface area contributed by atoms with Crippen molar-refractivity contribution in [1.29, 1.82) is 5.26 Å². The fourth-order valence-corrected chi connectivity index (χ4v) is 6.39. The number of carbonyl (C=O) groups excluding carboxylic acids is 3. The first kappa shape index (κ1) is 24.6. The van der Waals surface area contributed by atoms with Crippen molar-refractivity contribution < 1.29 is 23.5 Å². The topological polar surface area (TPSA) is 103 Å². The zero-order valence-electron chi connectivity index (χ0n) is 21.0. The Morgan fingerprint density at radius 3 is 2.63 bits per heavy atom. The molecule has 1 N–H and O–H groups in total. The summed E-state index contributed by atoms with van der Waals surface area (Å²) in [4.78, 5) is 40.8. The molecule has 0 spiro atoms. The van der Waals surface area contributed by atoms with E-state index in [-0.39, 0.29) is 36.3 Å². The third-order valence-corrected chi connectivity index (χ3v) is 8.40. The first-order chi connectivity index (χ1) is 18.4. The molecule has 2 aromatic carbocycles. The fourth-order valence-electron chi connectivity index (χ4n) is 6.39. The Balaban J connectivity index is 1.12. The van der Waals surface area contributed by atoms with E-state index >= 15 is 0 Å². The van der Waals surface area contributed by atoms with E-state index in [4.69, 9.17) is 4.74 Å². The maximum atomic E-state index is 13.6. The van der Waals surface area contributed by atoms with Crippen LogP contribution in [0.2, 0.25) is 0 Å². The summed E-state index contributed by atoms with van der Waals surface area (Å²) in [6.07, 6.45) is 4.75. The van der Waals surface area contributed by atoms with Gasteiger partial charge < -0.3 is 9.64 Å². The minimum absolute atomic E-state index is 0.00903. The number of benzene rings is 2. The van der Waals surface area contributed by atoms with E-state index in [1.165, 1.54) is 12.1 Å². The number of amides is 3. The van der Waals surface area contributed by atoms with Crippen LogP contribution in [0.15, 0.2) is 36.4 Å². The number of piperidine rings is 1. The van der Waals surface area contributed by atoms with Gasteiger partial charge in [0, 0.05) is 43.6 Å². The molecule has 2 aromatic rings. The molecule has 3 atom stereocenters. The van der Waals surface area contributed by atoms with E-state index < -0.39 is 17.8 Å². The molecular formula is C29H29FN4O4. The smallest absolute Gasteiger partial charge is 0.255 e. The van der Waals surface area contributed by atoms with E-state index in [9.17, 15) is 24.0 Å². The summed E-state index contributed by atoms with van der Waals surface area (Å²) in [5.41, 5.74) is 2.71. The largest absolute Gasteiger partial charge is 0.489 e. The Bertz CT molecular complexity index is 1350. The Morgan fingerprint density at radius 1 is 1.03 bits per heavy atom. The maximum Gasteiger partial charge on any atom is 0.255 e. The van der Waals surface area contributed by atoms with Crippen molar-refractivity contribution in [2.24, 2.45) is 0 Å². The van der Waals surface area contributed by atoms with Crippen LogP contribution in [0.25, 0.3) is 0 Å². The van der Waals surface area contributed by atoms with E-state index in [0.717, 1.165) is 49.9 Å². The van der Waals surface area contributed by atoms with Gasteiger partial charge in [0.25, 0.3) is 5.91 Å². The molecule has 0 aromatic heterocycles. The molecule has 196 valence electrons. The number of hydrogen-bond donors (Lipinski definition) is 1. The summed E-state index contributed by atoms with van der Waals surface area (Å²) in [6.45, 7) is 1.94. The molecule has 4 aliphatic rings. The predicted molar refractivity (Wildman–Crippen MR) is 135 cm³/mol. The van der Waals surface area contributed by atoms with Crippen LogP contribution >= 0.6 is 0 Å². The fraction of sp³-hybridized carbons (Fsp3) is 0.448. The summed E-state index contributed by atoms with van der Waals surface area (Å²) in [6, 6.07) is 11.7. The lowest BCUT2D eigenvalue weighted by Crippen LogP contribution is -2.57. The van der Waals surface area contributed by atoms with Crippen molar-refractivity contribution in [2.45, 2.75) is 69.2 Å². The van der Waals surface area contributed by atoms with Crippen LogP contribution in [0, 0.1) is 17.1 Å². The van der Waals surface area contributed by atoms with Gasteiger partial charge in [-0.25, -0.2) is 4.39 Å². The Hall–Kier alpha value is -3.77. The van der Waals surface area contributed by atoms with Gasteiger partial charge in [-0.2, -0.15) is 5.26 Å². The lowest BCUT2D eigenvalue weighted by Gasteiger charge is -2.48. The zero-order valence-corrected chi connectivity index (χ0v) is 21.0. The zero-order chi connectivity index (χ0) is 26.4. The third kappa shape index (κ3) is 4.43. The van der Waals surface area contributed by atoms with Crippen LogP contribution in [-0.4, -0.2) is 58.8 Å². The normalized spacial score (nSPS) is 25.9. The maximum absolute atomic E-state index is 13.6. The van der Waals surface area contributed by atoms with Gasteiger partial charge in [0.1, 0.15) is 23.7 Å². The van der Waals surface area contributed by atoms with Crippen molar-refractivity contribution in [3.8, 4) is 11.8 Å². The Labute approximate surface area is 220 Å². The SMILES string of the molecule is N#Cc1cc(F)ccc1C1CN([C@@H]2CCCC[C@@H]2Oc2ccc3c(c2)CN([C@H]2CCC(=O)NC2=O)C3=O)C1. The highest BCUT2D eigenvalue weighted by Gasteiger charge is 2.41. The predicted octanol–water partition coefficient (Wildman–Crippen LogP) is 3.25. The molecule has 0 bridgehead atoms. The van der Waals surface area contributed by atoms with Crippen LogP contribution in [0.1, 0.15) is 71.5 Å². The lowest BCUT2D eigenvalue weighted by atomic mass is 9.83. The molecule has 38 heavy (non-hydrogen) atoms. The van der Waals surface area contributed by atoms with Gasteiger partial charge >= 0.3 is 0 Å². The van der Waals surface area contributed by atoms with Crippen molar-refractivity contribution >= 4 is 17.7 Å². The monoisotopic (exact) mass is 516 g/mol. The molecule has 3 amide bonds. The van der Waals surface area contributed by atoms with Crippen LogP contribution in [-0.2, 0) is 16.1 Å². The van der Waals surface area contributed by atoms with Crippen molar-refractivity contribution in [3.63, 3.8) is 0 Å². The van der Waals surface area contributed by atoms with Gasteiger partial charge in [-0.15, -0.1) is 0 Å². The van der Waals surface area contributed by atoms with Gasteiger partial charge in [-0.05, 0) is 67.1 Å². The van der Waals surface area contributed by atoms with Crippen molar-refractivity contribution in [2.75, 3.05) is 13.1 Å². The van der Waals surface area contributed by atoms with Crippen LogP contribution in [0.4, 0.5) is 4.39 Å². The molecule has 6 rings (SSSR count). The van der Waals surface area contributed by atoms with Crippen LogP contribution in [0.3, 0.4) is 0 Å². The number of nitrogens with zero attached hydrogens (tertiary/aromatic N) is 3. The number of halogens is 1. The van der Waals surface area contributed by atoms with Gasteiger partial charge in [-0.1, -0.05) is 12.5 Å². The second kappa shape index (κ2) is 9.84. The molecular weight excluding hydrogens is 487 g/mol. The molecule has 0 unspecified atom stereocenters. The summed E-state index contributed by atoms with van der Waals surface area (Å²) in [5, 5.41) is 11.8. The Kier molecular flexibility index (Phi) is 6.36. The number of carbonyl (C=O) groups is 3. The van der Waals surface area contributed by atoms with Gasteiger partial charge in [-0.3, -0.25) is 24.6 Å². The lowest BCUT2D eigenvalue weighted by molar-refractivity contribution is -0.136.